The number of rotatable bonds is 6. The summed E-state index contributed by atoms with van der Waals surface area (Å²) in [5, 5.41) is 2.86. The van der Waals surface area contributed by atoms with Gasteiger partial charge in [0.05, 0.1) is 27.4 Å². The van der Waals surface area contributed by atoms with Gasteiger partial charge in [-0.15, -0.1) is 0 Å². The molecule has 6 heteroatoms. The molecular weight excluding hydrogens is 322 g/mol. The lowest BCUT2D eigenvalue weighted by atomic mass is 10.0. The first kappa shape index (κ1) is 18.1. The largest absolute Gasteiger partial charge is 0.496 e. The number of carbonyl (C=O) groups is 2. The standard InChI is InChI=1S/C19H19NO5/c1-23-17-7-5-4-6-15(17)13-8-10-14(11-9-13)20-16(19(22)25-3)12-18(21)24-2/h4-12,20H,1-3H3/b16-12+. The van der Waals surface area contributed by atoms with Crippen molar-refractivity contribution in [2.75, 3.05) is 26.6 Å². The zero-order valence-corrected chi connectivity index (χ0v) is 14.2. The topological polar surface area (TPSA) is 73.9 Å². The van der Waals surface area contributed by atoms with Gasteiger partial charge in [-0.3, -0.25) is 0 Å². The third kappa shape index (κ3) is 4.60. The van der Waals surface area contributed by atoms with Crippen molar-refractivity contribution < 1.29 is 23.8 Å². The van der Waals surface area contributed by atoms with Crippen molar-refractivity contribution in [3.8, 4) is 16.9 Å². The number of para-hydroxylation sites is 1. The number of benzene rings is 2. The van der Waals surface area contributed by atoms with Gasteiger partial charge in [0.25, 0.3) is 0 Å². The van der Waals surface area contributed by atoms with E-state index in [0.717, 1.165) is 23.0 Å². The number of hydrogen-bond acceptors (Lipinski definition) is 6. The van der Waals surface area contributed by atoms with Gasteiger partial charge >= 0.3 is 11.9 Å². The predicted octanol–water partition coefficient (Wildman–Crippen LogP) is 3.00. The van der Waals surface area contributed by atoms with Gasteiger partial charge in [0.1, 0.15) is 11.4 Å². The molecular formula is C19H19NO5. The highest BCUT2D eigenvalue weighted by Crippen LogP contribution is 2.30. The molecule has 0 aliphatic rings. The molecule has 6 nitrogen and oxygen atoms in total. The highest BCUT2D eigenvalue weighted by Gasteiger charge is 2.13. The highest BCUT2D eigenvalue weighted by atomic mass is 16.5. The molecule has 0 unspecified atom stereocenters. The molecule has 0 saturated carbocycles. The molecule has 2 aromatic rings. The van der Waals surface area contributed by atoms with Crippen molar-refractivity contribution in [2.24, 2.45) is 0 Å². The van der Waals surface area contributed by atoms with Crippen LogP contribution in [0.15, 0.2) is 60.3 Å². The Bertz CT molecular complexity index is 781. The lowest BCUT2D eigenvalue weighted by molar-refractivity contribution is -0.138. The van der Waals surface area contributed by atoms with Gasteiger partial charge in [0.15, 0.2) is 0 Å². The van der Waals surface area contributed by atoms with E-state index in [1.807, 2.05) is 36.4 Å². The predicted molar refractivity (Wildman–Crippen MR) is 94.2 cm³/mol. The molecule has 0 spiro atoms. The van der Waals surface area contributed by atoms with E-state index in [0.29, 0.717) is 5.69 Å². The summed E-state index contributed by atoms with van der Waals surface area (Å²) in [6.07, 6.45) is 1.04. The SMILES string of the molecule is COC(=O)/C=C(/Nc1ccc(-c2ccccc2OC)cc1)C(=O)OC. The van der Waals surface area contributed by atoms with Crippen LogP contribution in [0, 0.1) is 0 Å². The van der Waals surface area contributed by atoms with Crippen LogP contribution in [0.25, 0.3) is 11.1 Å². The Kier molecular flexibility index (Phi) is 6.17. The van der Waals surface area contributed by atoms with Crippen molar-refractivity contribution in [2.45, 2.75) is 0 Å². The fourth-order valence-electron chi connectivity index (χ4n) is 2.20. The minimum Gasteiger partial charge on any atom is -0.496 e. The summed E-state index contributed by atoms with van der Waals surface area (Å²) in [5.41, 5.74) is 2.52. The van der Waals surface area contributed by atoms with E-state index in [4.69, 9.17) is 4.74 Å². The van der Waals surface area contributed by atoms with E-state index in [-0.39, 0.29) is 5.70 Å². The molecule has 0 aromatic heterocycles. The Labute approximate surface area is 146 Å². The average molecular weight is 341 g/mol. The molecule has 25 heavy (non-hydrogen) atoms. The monoisotopic (exact) mass is 341 g/mol. The molecule has 130 valence electrons. The normalized spacial score (nSPS) is 10.8. The minimum absolute atomic E-state index is 0.0145. The Hall–Kier alpha value is -3.28. The van der Waals surface area contributed by atoms with E-state index in [1.165, 1.54) is 14.2 Å². The molecule has 0 atom stereocenters. The number of esters is 2. The van der Waals surface area contributed by atoms with Crippen molar-refractivity contribution >= 4 is 17.6 Å². The Balaban J connectivity index is 2.25. The van der Waals surface area contributed by atoms with Crippen molar-refractivity contribution in [1.82, 2.24) is 0 Å². The fraction of sp³-hybridized carbons (Fsp3) is 0.158. The molecule has 0 saturated heterocycles. The maximum Gasteiger partial charge on any atom is 0.354 e. The lowest BCUT2D eigenvalue weighted by Gasteiger charge is -2.11. The van der Waals surface area contributed by atoms with Gasteiger partial charge in [0.2, 0.25) is 0 Å². The number of nitrogens with one attached hydrogen (secondary N) is 1. The van der Waals surface area contributed by atoms with Gasteiger partial charge < -0.3 is 19.5 Å². The van der Waals surface area contributed by atoms with E-state index >= 15 is 0 Å². The van der Waals surface area contributed by atoms with Crippen LogP contribution in [0.1, 0.15) is 0 Å². The summed E-state index contributed by atoms with van der Waals surface area (Å²) in [6.45, 7) is 0. The van der Waals surface area contributed by atoms with Crippen LogP contribution < -0.4 is 10.1 Å². The second kappa shape index (κ2) is 8.54. The van der Waals surface area contributed by atoms with E-state index < -0.39 is 11.9 Å². The zero-order valence-electron chi connectivity index (χ0n) is 14.2. The van der Waals surface area contributed by atoms with Crippen molar-refractivity contribution in [1.29, 1.82) is 0 Å². The van der Waals surface area contributed by atoms with Gasteiger partial charge in [-0.2, -0.15) is 0 Å². The summed E-state index contributed by atoms with van der Waals surface area (Å²) < 4.78 is 14.6. The van der Waals surface area contributed by atoms with Gasteiger partial charge in [-0.25, -0.2) is 9.59 Å². The van der Waals surface area contributed by atoms with Gasteiger partial charge in [-0.05, 0) is 23.8 Å². The first-order chi connectivity index (χ1) is 12.1. The van der Waals surface area contributed by atoms with Crippen molar-refractivity contribution in [3.05, 3.63) is 60.3 Å². The Morgan fingerprint density at radius 1 is 0.920 bits per heavy atom. The molecule has 2 rings (SSSR count). The van der Waals surface area contributed by atoms with Crippen LogP contribution in [-0.4, -0.2) is 33.3 Å². The second-order valence-electron chi connectivity index (χ2n) is 4.98. The second-order valence-corrected chi connectivity index (χ2v) is 4.98. The fourth-order valence-corrected chi connectivity index (χ4v) is 2.20. The quantitative estimate of drug-likeness (QED) is 0.643. The van der Waals surface area contributed by atoms with Crippen molar-refractivity contribution in [3.63, 3.8) is 0 Å². The lowest BCUT2D eigenvalue weighted by Crippen LogP contribution is -2.15. The average Bonchev–Trinajstić information content (AvgIpc) is 2.67. The molecule has 0 amide bonds. The molecule has 0 radical (unpaired) electrons. The molecule has 0 aliphatic carbocycles. The Morgan fingerprint density at radius 3 is 2.20 bits per heavy atom. The number of ether oxygens (including phenoxy) is 3. The summed E-state index contributed by atoms with van der Waals surface area (Å²) in [4.78, 5) is 23.1. The third-order valence-electron chi connectivity index (χ3n) is 3.45. The highest BCUT2D eigenvalue weighted by molar-refractivity contribution is 5.98. The van der Waals surface area contributed by atoms with Crippen LogP contribution in [0.3, 0.4) is 0 Å². The third-order valence-corrected chi connectivity index (χ3v) is 3.45. The molecule has 2 aromatic carbocycles. The number of anilines is 1. The summed E-state index contributed by atoms with van der Waals surface area (Å²) in [7, 11) is 4.09. The first-order valence-corrected chi connectivity index (χ1v) is 7.47. The van der Waals surface area contributed by atoms with Gasteiger partial charge in [-0.1, -0.05) is 30.3 Å². The van der Waals surface area contributed by atoms with Crippen LogP contribution in [0.4, 0.5) is 5.69 Å². The molecule has 0 fully saturated rings. The molecule has 0 bridgehead atoms. The number of hydrogen-bond donors (Lipinski definition) is 1. The summed E-state index contributed by atoms with van der Waals surface area (Å²) in [6, 6.07) is 15.0. The smallest absolute Gasteiger partial charge is 0.354 e. The zero-order chi connectivity index (χ0) is 18.2. The Morgan fingerprint density at radius 2 is 1.60 bits per heavy atom. The molecule has 0 heterocycles. The van der Waals surface area contributed by atoms with Crippen LogP contribution in [-0.2, 0) is 19.1 Å². The first-order valence-electron chi connectivity index (χ1n) is 7.47. The van der Waals surface area contributed by atoms with Crippen LogP contribution >= 0.6 is 0 Å². The molecule has 1 N–H and O–H groups in total. The van der Waals surface area contributed by atoms with Crippen LogP contribution in [0.5, 0.6) is 5.75 Å². The summed E-state index contributed by atoms with van der Waals surface area (Å²) >= 11 is 0. The van der Waals surface area contributed by atoms with E-state index in [1.54, 1.807) is 19.2 Å². The summed E-state index contributed by atoms with van der Waals surface area (Å²) in [5.74, 6) is -0.554. The van der Waals surface area contributed by atoms with E-state index in [2.05, 4.69) is 14.8 Å². The number of methoxy groups -OCH3 is 3. The maximum atomic E-state index is 11.8. The van der Waals surface area contributed by atoms with Crippen LogP contribution in [0.2, 0.25) is 0 Å². The van der Waals surface area contributed by atoms with E-state index in [9.17, 15) is 9.59 Å². The minimum atomic E-state index is -0.667. The maximum absolute atomic E-state index is 11.8. The number of carbonyl (C=O) groups excluding carboxylic acids is 2. The molecule has 0 aliphatic heterocycles. The van der Waals surface area contributed by atoms with Gasteiger partial charge in [0, 0.05) is 11.3 Å².